The molecule has 3 rings (SSSR count). The highest BCUT2D eigenvalue weighted by Gasteiger charge is 2.10. The van der Waals surface area contributed by atoms with Crippen molar-refractivity contribution in [3.63, 3.8) is 0 Å². The summed E-state index contributed by atoms with van der Waals surface area (Å²) >= 11 is 0. The molecule has 7 heteroatoms. The molecule has 0 spiro atoms. The third kappa shape index (κ3) is 5.64. The van der Waals surface area contributed by atoms with Gasteiger partial charge in [-0.3, -0.25) is 4.79 Å². The Labute approximate surface area is 164 Å². The van der Waals surface area contributed by atoms with E-state index in [4.69, 9.17) is 0 Å². The summed E-state index contributed by atoms with van der Waals surface area (Å²) in [7, 11) is -2.12. The van der Waals surface area contributed by atoms with E-state index in [0.717, 1.165) is 16.9 Å². The summed E-state index contributed by atoms with van der Waals surface area (Å²) in [6, 6.07) is 13.6. The molecule has 0 atom stereocenters. The Morgan fingerprint density at radius 1 is 1.11 bits per heavy atom. The van der Waals surface area contributed by atoms with Gasteiger partial charge in [-0.1, -0.05) is 12.1 Å². The molecule has 0 fully saturated rings. The van der Waals surface area contributed by atoms with Crippen molar-refractivity contribution in [3.05, 3.63) is 78.1 Å². The first kappa shape index (κ1) is 20.0. The van der Waals surface area contributed by atoms with E-state index in [-0.39, 0.29) is 11.7 Å². The van der Waals surface area contributed by atoms with E-state index in [1.54, 1.807) is 38.0 Å². The molecule has 1 N–H and O–H groups in total. The van der Waals surface area contributed by atoms with Crippen molar-refractivity contribution >= 4 is 18.7 Å². The molecule has 146 valence electrons. The number of carbonyl (C=O) groups is 1. The number of benzene rings is 2. The van der Waals surface area contributed by atoms with Gasteiger partial charge in [-0.2, -0.15) is 0 Å². The van der Waals surface area contributed by atoms with E-state index < -0.39 is 7.14 Å². The number of amides is 1. The normalized spacial score (nSPS) is 11.4. The van der Waals surface area contributed by atoms with Crippen molar-refractivity contribution in [2.75, 3.05) is 18.6 Å². The maximum atomic E-state index is 13.1. The van der Waals surface area contributed by atoms with Gasteiger partial charge in [0, 0.05) is 35.8 Å². The SMILES string of the molecule is CP(C)(=O)Cc1ccc(NC(=O)CCc2cncn2-c2ccc(F)cc2)cc1. The van der Waals surface area contributed by atoms with E-state index in [1.165, 1.54) is 12.1 Å². The van der Waals surface area contributed by atoms with Gasteiger partial charge >= 0.3 is 0 Å². The molecule has 0 bridgehead atoms. The molecule has 1 aromatic heterocycles. The third-order valence-corrected chi connectivity index (χ3v) is 5.36. The van der Waals surface area contributed by atoms with Gasteiger partial charge in [-0.25, -0.2) is 9.37 Å². The van der Waals surface area contributed by atoms with Crippen LogP contribution in [0.1, 0.15) is 17.7 Å². The van der Waals surface area contributed by atoms with Crippen LogP contribution in [0.15, 0.2) is 61.1 Å². The Balaban J connectivity index is 1.57. The molecule has 0 radical (unpaired) electrons. The average Bonchev–Trinajstić information content (AvgIpc) is 3.10. The quantitative estimate of drug-likeness (QED) is 0.586. The van der Waals surface area contributed by atoms with Gasteiger partial charge < -0.3 is 14.4 Å². The summed E-state index contributed by atoms with van der Waals surface area (Å²) in [4.78, 5) is 16.4. The average molecular weight is 399 g/mol. The first-order chi connectivity index (χ1) is 13.3. The van der Waals surface area contributed by atoms with Crippen molar-refractivity contribution in [1.82, 2.24) is 9.55 Å². The molecule has 1 heterocycles. The standard InChI is InChI=1S/C21H23FN3O2P/c1-28(2,27)14-16-3-7-18(8-4-16)24-21(26)12-11-20-13-23-15-25(20)19-9-5-17(22)6-10-19/h3-10,13,15H,11-12,14H2,1-2H3,(H,24,26). The van der Waals surface area contributed by atoms with E-state index in [2.05, 4.69) is 10.3 Å². The zero-order valence-electron chi connectivity index (χ0n) is 15.9. The van der Waals surface area contributed by atoms with E-state index in [9.17, 15) is 13.8 Å². The summed E-state index contributed by atoms with van der Waals surface area (Å²) in [5.74, 6) is -0.396. The van der Waals surface area contributed by atoms with Crippen LogP contribution in [0, 0.1) is 5.82 Å². The van der Waals surface area contributed by atoms with Crippen molar-refractivity contribution < 1.29 is 13.8 Å². The maximum absolute atomic E-state index is 13.1. The van der Waals surface area contributed by atoms with Crippen LogP contribution in [-0.2, 0) is 21.9 Å². The summed E-state index contributed by atoms with van der Waals surface area (Å²) in [6.07, 6.45) is 4.72. The Kier molecular flexibility index (Phi) is 6.10. The number of anilines is 1. The Hall–Kier alpha value is -2.72. The lowest BCUT2D eigenvalue weighted by Crippen LogP contribution is -2.13. The summed E-state index contributed by atoms with van der Waals surface area (Å²) in [6.45, 7) is 3.53. The number of nitrogens with one attached hydrogen (secondary N) is 1. The Morgan fingerprint density at radius 3 is 2.43 bits per heavy atom. The van der Waals surface area contributed by atoms with Crippen LogP contribution in [0.4, 0.5) is 10.1 Å². The lowest BCUT2D eigenvalue weighted by molar-refractivity contribution is -0.116. The van der Waals surface area contributed by atoms with Crippen LogP contribution in [0.5, 0.6) is 0 Å². The molecular formula is C21H23FN3O2P. The smallest absolute Gasteiger partial charge is 0.224 e. The highest BCUT2D eigenvalue weighted by molar-refractivity contribution is 7.61. The van der Waals surface area contributed by atoms with Crippen LogP contribution in [-0.4, -0.2) is 28.8 Å². The van der Waals surface area contributed by atoms with Crippen molar-refractivity contribution in [2.24, 2.45) is 0 Å². The van der Waals surface area contributed by atoms with Gasteiger partial charge in [-0.05, 0) is 61.7 Å². The number of hydrogen-bond acceptors (Lipinski definition) is 3. The second kappa shape index (κ2) is 8.53. The number of aromatic nitrogens is 2. The third-order valence-electron chi connectivity index (χ3n) is 4.23. The van der Waals surface area contributed by atoms with Crippen molar-refractivity contribution in [1.29, 1.82) is 0 Å². The largest absolute Gasteiger partial charge is 0.326 e. The molecule has 0 aliphatic heterocycles. The molecule has 2 aromatic carbocycles. The minimum Gasteiger partial charge on any atom is -0.326 e. The van der Waals surface area contributed by atoms with Gasteiger partial charge in [0.1, 0.15) is 5.82 Å². The number of imidazole rings is 1. The lowest BCUT2D eigenvalue weighted by atomic mass is 10.2. The van der Waals surface area contributed by atoms with Crippen LogP contribution >= 0.6 is 7.14 Å². The van der Waals surface area contributed by atoms with E-state index in [1.807, 2.05) is 28.8 Å². The molecule has 3 aromatic rings. The number of rotatable bonds is 7. The zero-order valence-corrected chi connectivity index (χ0v) is 16.8. The van der Waals surface area contributed by atoms with E-state index >= 15 is 0 Å². The minimum atomic E-state index is -2.12. The van der Waals surface area contributed by atoms with Crippen LogP contribution in [0.2, 0.25) is 0 Å². The first-order valence-corrected chi connectivity index (χ1v) is 11.8. The predicted octanol–water partition coefficient (Wildman–Crippen LogP) is 4.71. The molecule has 0 aliphatic carbocycles. The molecule has 1 amide bonds. The molecule has 5 nitrogen and oxygen atoms in total. The zero-order chi connectivity index (χ0) is 20.1. The Bertz CT molecular complexity index is 991. The van der Waals surface area contributed by atoms with Gasteiger partial charge in [0.25, 0.3) is 0 Å². The fourth-order valence-electron chi connectivity index (χ4n) is 2.94. The number of halogens is 1. The number of carbonyl (C=O) groups excluding carboxylic acids is 1. The van der Waals surface area contributed by atoms with Crippen LogP contribution in [0.3, 0.4) is 0 Å². The summed E-state index contributed by atoms with van der Waals surface area (Å²) < 4.78 is 26.8. The number of nitrogens with zero attached hydrogens (tertiary/aromatic N) is 2. The highest BCUT2D eigenvalue weighted by Crippen LogP contribution is 2.40. The van der Waals surface area contributed by atoms with Gasteiger partial charge in [0.05, 0.1) is 13.5 Å². The number of aryl methyl sites for hydroxylation is 1. The van der Waals surface area contributed by atoms with Crippen LogP contribution < -0.4 is 5.32 Å². The first-order valence-electron chi connectivity index (χ1n) is 9.00. The molecule has 0 unspecified atom stereocenters. The lowest BCUT2D eigenvalue weighted by Gasteiger charge is -2.10. The van der Waals surface area contributed by atoms with E-state index in [0.29, 0.717) is 24.7 Å². The van der Waals surface area contributed by atoms with Crippen molar-refractivity contribution in [2.45, 2.75) is 19.0 Å². The predicted molar refractivity (Wildman–Crippen MR) is 110 cm³/mol. The second-order valence-corrected chi connectivity index (χ2v) is 10.7. The maximum Gasteiger partial charge on any atom is 0.224 e. The summed E-state index contributed by atoms with van der Waals surface area (Å²) in [5, 5.41) is 2.87. The monoisotopic (exact) mass is 399 g/mol. The summed E-state index contributed by atoms with van der Waals surface area (Å²) in [5.41, 5.74) is 3.38. The number of hydrogen-bond donors (Lipinski definition) is 1. The molecular weight excluding hydrogens is 376 g/mol. The van der Waals surface area contributed by atoms with Gasteiger partial charge in [-0.15, -0.1) is 0 Å². The topological polar surface area (TPSA) is 64.0 Å². The highest BCUT2D eigenvalue weighted by atomic mass is 31.2. The van der Waals surface area contributed by atoms with Crippen LogP contribution in [0.25, 0.3) is 5.69 Å². The molecule has 0 saturated heterocycles. The fourth-order valence-corrected chi connectivity index (χ4v) is 4.03. The second-order valence-electron chi connectivity index (χ2n) is 7.21. The van der Waals surface area contributed by atoms with Gasteiger partial charge in [0.15, 0.2) is 0 Å². The fraction of sp³-hybridized carbons (Fsp3) is 0.238. The molecule has 0 saturated carbocycles. The van der Waals surface area contributed by atoms with Gasteiger partial charge in [0.2, 0.25) is 5.91 Å². The molecule has 0 aliphatic rings. The Morgan fingerprint density at radius 2 is 1.79 bits per heavy atom. The molecule has 28 heavy (non-hydrogen) atoms. The van der Waals surface area contributed by atoms with Crippen molar-refractivity contribution in [3.8, 4) is 5.69 Å². The minimum absolute atomic E-state index is 0.101.